The van der Waals surface area contributed by atoms with E-state index < -0.39 is 0 Å². The first kappa shape index (κ1) is 16.0. The van der Waals surface area contributed by atoms with E-state index in [2.05, 4.69) is 30.6 Å². The Morgan fingerprint density at radius 3 is 2.76 bits per heavy atom. The molecular weight excluding hydrogens is 265 g/mol. The van der Waals surface area contributed by atoms with Crippen LogP contribution in [0, 0.1) is 23.6 Å². The average molecular weight is 289 g/mol. The van der Waals surface area contributed by atoms with Crippen molar-refractivity contribution in [1.82, 2.24) is 4.90 Å². The fourth-order valence-electron chi connectivity index (χ4n) is 2.49. The van der Waals surface area contributed by atoms with Gasteiger partial charge >= 0.3 is 0 Å². The van der Waals surface area contributed by atoms with Crippen LogP contribution in [0.1, 0.15) is 44.2 Å². The number of benzene rings is 1. The molecule has 1 aromatic rings. The van der Waals surface area contributed by atoms with Gasteiger partial charge < -0.3 is 5.11 Å². The molecule has 0 amide bonds. The van der Waals surface area contributed by atoms with Gasteiger partial charge in [0, 0.05) is 31.1 Å². The van der Waals surface area contributed by atoms with Gasteiger partial charge in [-0.05, 0) is 36.5 Å². The SMILES string of the molecule is CC(C)CN(Cc1ccc(F)cc1C#CCCO)C1CC1. The van der Waals surface area contributed by atoms with Gasteiger partial charge in [-0.3, -0.25) is 4.90 Å². The number of hydrogen-bond donors (Lipinski definition) is 1. The largest absolute Gasteiger partial charge is 0.395 e. The van der Waals surface area contributed by atoms with Crippen molar-refractivity contribution in [2.45, 2.75) is 45.7 Å². The van der Waals surface area contributed by atoms with Gasteiger partial charge in [0.1, 0.15) is 5.82 Å². The highest BCUT2D eigenvalue weighted by Crippen LogP contribution is 2.29. The Balaban J connectivity index is 2.15. The summed E-state index contributed by atoms with van der Waals surface area (Å²) in [6.07, 6.45) is 2.95. The zero-order valence-corrected chi connectivity index (χ0v) is 12.9. The molecule has 2 nitrogen and oxygen atoms in total. The lowest BCUT2D eigenvalue weighted by Gasteiger charge is -2.24. The van der Waals surface area contributed by atoms with E-state index in [1.807, 2.05) is 6.07 Å². The highest BCUT2D eigenvalue weighted by Gasteiger charge is 2.29. The van der Waals surface area contributed by atoms with Gasteiger partial charge in [-0.25, -0.2) is 4.39 Å². The van der Waals surface area contributed by atoms with Crippen molar-refractivity contribution in [2.75, 3.05) is 13.2 Å². The first-order valence-corrected chi connectivity index (χ1v) is 7.72. The number of nitrogens with zero attached hydrogens (tertiary/aromatic N) is 1. The van der Waals surface area contributed by atoms with Gasteiger partial charge in [0.2, 0.25) is 0 Å². The minimum Gasteiger partial charge on any atom is -0.395 e. The Labute approximate surface area is 127 Å². The van der Waals surface area contributed by atoms with Crippen molar-refractivity contribution in [2.24, 2.45) is 5.92 Å². The second-order valence-corrected chi connectivity index (χ2v) is 6.13. The van der Waals surface area contributed by atoms with Crippen LogP contribution < -0.4 is 0 Å². The first-order chi connectivity index (χ1) is 10.1. The molecule has 1 fully saturated rings. The molecule has 0 aliphatic heterocycles. The smallest absolute Gasteiger partial charge is 0.124 e. The highest BCUT2D eigenvalue weighted by molar-refractivity contribution is 5.41. The van der Waals surface area contributed by atoms with E-state index in [0.29, 0.717) is 18.4 Å². The summed E-state index contributed by atoms with van der Waals surface area (Å²) in [7, 11) is 0. The number of rotatable bonds is 6. The van der Waals surface area contributed by atoms with Crippen LogP contribution in [0.4, 0.5) is 4.39 Å². The summed E-state index contributed by atoms with van der Waals surface area (Å²) in [5, 5.41) is 8.81. The molecule has 1 aliphatic rings. The van der Waals surface area contributed by atoms with E-state index in [4.69, 9.17) is 5.11 Å². The van der Waals surface area contributed by atoms with E-state index in [1.54, 1.807) is 0 Å². The van der Waals surface area contributed by atoms with E-state index in [-0.39, 0.29) is 12.4 Å². The van der Waals surface area contributed by atoms with Crippen molar-refractivity contribution in [3.63, 3.8) is 0 Å². The molecule has 0 atom stereocenters. The molecule has 21 heavy (non-hydrogen) atoms. The maximum absolute atomic E-state index is 13.4. The fourth-order valence-corrected chi connectivity index (χ4v) is 2.49. The lowest BCUT2D eigenvalue weighted by molar-refractivity contribution is 0.226. The van der Waals surface area contributed by atoms with Crippen LogP contribution in [-0.2, 0) is 6.54 Å². The minimum atomic E-state index is -0.256. The Hall–Kier alpha value is -1.37. The third-order valence-corrected chi connectivity index (χ3v) is 3.57. The third kappa shape index (κ3) is 5.15. The molecule has 0 spiro atoms. The lowest BCUT2D eigenvalue weighted by atomic mass is 10.1. The molecule has 1 N–H and O–H groups in total. The summed E-state index contributed by atoms with van der Waals surface area (Å²) in [6, 6.07) is 5.52. The molecule has 1 aliphatic carbocycles. The van der Waals surface area contributed by atoms with Crippen LogP contribution in [-0.4, -0.2) is 29.2 Å². The molecular formula is C18H24FNO. The van der Waals surface area contributed by atoms with Crippen LogP contribution in [0.3, 0.4) is 0 Å². The molecule has 114 valence electrons. The maximum atomic E-state index is 13.4. The monoisotopic (exact) mass is 289 g/mol. The summed E-state index contributed by atoms with van der Waals surface area (Å²) in [5.74, 6) is 6.25. The van der Waals surface area contributed by atoms with Crippen molar-refractivity contribution in [3.8, 4) is 11.8 Å². The Morgan fingerprint density at radius 2 is 2.14 bits per heavy atom. The van der Waals surface area contributed by atoms with Crippen molar-refractivity contribution in [1.29, 1.82) is 0 Å². The maximum Gasteiger partial charge on any atom is 0.124 e. The van der Waals surface area contributed by atoms with Crippen LogP contribution in [0.2, 0.25) is 0 Å². The van der Waals surface area contributed by atoms with Crippen LogP contribution in [0.5, 0.6) is 0 Å². The first-order valence-electron chi connectivity index (χ1n) is 7.72. The second kappa shape index (κ2) is 7.59. The van der Waals surface area contributed by atoms with Crippen LogP contribution >= 0.6 is 0 Å². The Morgan fingerprint density at radius 1 is 1.38 bits per heavy atom. The van der Waals surface area contributed by atoms with Gasteiger partial charge in [0.15, 0.2) is 0 Å². The number of aliphatic hydroxyl groups is 1. The number of hydrogen-bond acceptors (Lipinski definition) is 2. The molecule has 2 rings (SSSR count). The van der Waals surface area contributed by atoms with Gasteiger partial charge in [-0.2, -0.15) is 0 Å². The molecule has 0 aromatic heterocycles. The molecule has 1 saturated carbocycles. The van der Waals surface area contributed by atoms with Crippen molar-refractivity contribution >= 4 is 0 Å². The molecule has 0 bridgehead atoms. The number of halogens is 1. The minimum absolute atomic E-state index is 0.0409. The number of aliphatic hydroxyl groups excluding tert-OH is 1. The van der Waals surface area contributed by atoms with Crippen molar-refractivity contribution < 1.29 is 9.50 Å². The molecule has 0 heterocycles. The second-order valence-electron chi connectivity index (χ2n) is 6.13. The van der Waals surface area contributed by atoms with Crippen LogP contribution in [0.15, 0.2) is 18.2 Å². The Kier molecular flexibility index (Phi) is 5.78. The summed E-state index contributed by atoms with van der Waals surface area (Å²) < 4.78 is 13.4. The zero-order valence-electron chi connectivity index (χ0n) is 12.9. The average Bonchev–Trinajstić information content (AvgIpc) is 3.25. The topological polar surface area (TPSA) is 23.5 Å². The quantitative estimate of drug-likeness (QED) is 0.813. The zero-order chi connectivity index (χ0) is 15.2. The van der Waals surface area contributed by atoms with E-state index in [9.17, 15) is 4.39 Å². The standard InChI is InChI=1S/C18H24FNO/c1-14(2)12-20(18-8-9-18)13-16-6-7-17(19)11-15(16)5-3-4-10-21/h6-7,11,14,18,21H,4,8-10,12-13H2,1-2H3. The van der Waals surface area contributed by atoms with Crippen LogP contribution in [0.25, 0.3) is 0 Å². The van der Waals surface area contributed by atoms with Gasteiger partial charge in [-0.15, -0.1) is 0 Å². The summed E-state index contributed by atoms with van der Waals surface area (Å²) in [4.78, 5) is 2.48. The fraction of sp³-hybridized carbons (Fsp3) is 0.556. The Bertz CT molecular complexity index is 526. The molecule has 1 aromatic carbocycles. The van der Waals surface area contributed by atoms with Crippen molar-refractivity contribution in [3.05, 3.63) is 35.1 Å². The molecule has 0 saturated heterocycles. The van der Waals surface area contributed by atoms with Gasteiger partial charge in [-0.1, -0.05) is 31.8 Å². The summed E-state index contributed by atoms with van der Waals surface area (Å²) >= 11 is 0. The normalized spacial score (nSPS) is 14.4. The lowest BCUT2D eigenvalue weighted by Crippen LogP contribution is -2.29. The van der Waals surface area contributed by atoms with E-state index in [1.165, 1.54) is 25.0 Å². The molecule has 3 heteroatoms. The summed E-state index contributed by atoms with van der Waals surface area (Å²) in [6.45, 7) is 6.38. The van der Waals surface area contributed by atoms with E-state index in [0.717, 1.165) is 24.2 Å². The highest BCUT2D eigenvalue weighted by atomic mass is 19.1. The van der Waals surface area contributed by atoms with Gasteiger partial charge in [0.25, 0.3) is 0 Å². The summed E-state index contributed by atoms with van der Waals surface area (Å²) in [5.41, 5.74) is 1.83. The van der Waals surface area contributed by atoms with E-state index >= 15 is 0 Å². The predicted octanol–water partition coefficient (Wildman–Crippen LogP) is 3.18. The third-order valence-electron chi connectivity index (χ3n) is 3.57. The van der Waals surface area contributed by atoms with Gasteiger partial charge in [0.05, 0.1) is 6.61 Å². The molecule has 0 radical (unpaired) electrons. The predicted molar refractivity (Wildman–Crippen MR) is 83.3 cm³/mol. The molecule has 0 unspecified atom stereocenters.